The first-order valence-corrected chi connectivity index (χ1v) is 10.3. The highest BCUT2D eigenvalue weighted by atomic mass is 79.9. The van der Waals surface area contributed by atoms with Gasteiger partial charge < -0.3 is 9.47 Å². The van der Waals surface area contributed by atoms with E-state index in [1.165, 1.54) is 32.1 Å². The van der Waals surface area contributed by atoms with Crippen LogP contribution in [0.1, 0.15) is 62.2 Å². The summed E-state index contributed by atoms with van der Waals surface area (Å²) in [6, 6.07) is 3.42. The van der Waals surface area contributed by atoms with Gasteiger partial charge in [0.2, 0.25) is 0 Å². The molecule has 1 aromatic carbocycles. The Morgan fingerprint density at radius 3 is 2.77 bits per heavy atom. The molecule has 2 atom stereocenters. The second kappa shape index (κ2) is 8.89. The van der Waals surface area contributed by atoms with Crippen molar-refractivity contribution in [2.24, 2.45) is 16.9 Å². The van der Waals surface area contributed by atoms with Crippen LogP contribution < -0.4 is 14.9 Å². The lowest BCUT2D eigenvalue weighted by Gasteiger charge is -2.35. The minimum absolute atomic E-state index is 0.231. The number of halogens is 1. The first-order valence-electron chi connectivity index (χ1n) is 9.48. The normalized spacial score (nSPS) is 24.0. The van der Waals surface area contributed by atoms with E-state index in [2.05, 4.69) is 26.5 Å². The van der Waals surface area contributed by atoms with E-state index in [9.17, 15) is 4.79 Å². The maximum absolute atomic E-state index is 12.5. The maximum atomic E-state index is 12.5. The van der Waals surface area contributed by atoms with Crippen LogP contribution in [0.5, 0.6) is 11.5 Å². The first-order chi connectivity index (χ1) is 12.6. The lowest BCUT2D eigenvalue weighted by Crippen LogP contribution is -2.29. The molecule has 1 aromatic rings. The summed E-state index contributed by atoms with van der Waals surface area (Å²) in [4.78, 5) is 12.5. The SMILES string of the molecule is CCOc1c(Br)cc(C(=O)N/N=C2/CC[C@@H]3CCCC[C@H]3C2)cc1OC. The van der Waals surface area contributed by atoms with Gasteiger partial charge >= 0.3 is 0 Å². The Kier molecular flexibility index (Phi) is 6.57. The number of amides is 1. The molecule has 0 aromatic heterocycles. The van der Waals surface area contributed by atoms with Crippen LogP contribution in [0.4, 0.5) is 0 Å². The van der Waals surface area contributed by atoms with E-state index in [1.807, 2.05) is 6.92 Å². The smallest absolute Gasteiger partial charge is 0.271 e. The number of rotatable bonds is 5. The monoisotopic (exact) mass is 422 g/mol. The molecule has 0 bridgehead atoms. The molecule has 0 saturated heterocycles. The number of carbonyl (C=O) groups excluding carboxylic acids is 1. The van der Waals surface area contributed by atoms with Gasteiger partial charge in [-0.3, -0.25) is 4.79 Å². The number of methoxy groups -OCH3 is 1. The molecule has 2 aliphatic rings. The molecule has 1 amide bonds. The Labute approximate surface area is 163 Å². The molecule has 2 fully saturated rings. The molecule has 6 heteroatoms. The highest BCUT2D eigenvalue weighted by Gasteiger charge is 2.30. The van der Waals surface area contributed by atoms with Crippen LogP contribution in [-0.4, -0.2) is 25.3 Å². The van der Waals surface area contributed by atoms with E-state index in [1.54, 1.807) is 19.2 Å². The van der Waals surface area contributed by atoms with Crippen LogP contribution in [0.25, 0.3) is 0 Å². The van der Waals surface area contributed by atoms with Crippen LogP contribution in [-0.2, 0) is 0 Å². The predicted octanol–water partition coefficient (Wildman–Crippen LogP) is 4.93. The molecule has 0 unspecified atom stereocenters. The van der Waals surface area contributed by atoms with Crippen LogP contribution in [0, 0.1) is 11.8 Å². The molecule has 1 N–H and O–H groups in total. The minimum atomic E-state index is -0.231. The lowest BCUT2D eigenvalue weighted by atomic mass is 9.70. The summed E-state index contributed by atoms with van der Waals surface area (Å²) in [5.41, 5.74) is 4.34. The summed E-state index contributed by atoms with van der Waals surface area (Å²) >= 11 is 3.45. The van der Waals surface area contributed by atoms with Crippen LogP contribution in [0.2, 0.25) is 0 Å². The number of ether oxygens (including phenoxy) is 2. The Bertz CT molecular complexity index is 690. The molecule has 5 nitrogen and oxygen atoms in total. The number of nitrogens with zero attached hydrogens (tertiary/aromatic N) is 1. The van der Waals surface area contributed by atoms with E-state index in [0.717, 1.165) is 30.4 Å². The zero-order valence-electron chi connectivity index (χ0n) is 15.5. The average molecular weight is 423 g/mol. The van der Waals surface area contributed by atoms with Crippen LogP contribution in [0.3, 0.4) is 0 Å². The number of benzene rings is 1. The Morgan fingerprint density at radius 2 is 2.04 bits per heavy atom. The molecule has 142 valence electrons. The molecule has 26 heavy (non-hydrogen) atoms. The van der Waals surface area contributed by atoms with E-state index < -0.39 is 0 Å². The third-order valence-electron chi connectivity index (χ3n) is 5.46. The molecule has 2 aliphatic carbocycles. The first kappa shape index (κ1) is 19.2. The predicted molar refractivity (Wildman–Crippen MR) is 106 cm³/mol. The van der Waals surface area contributed by atoms with Crippen molar-refractivity contribution in [1.82, 2.24) is 5.43 Å². The van der Waals surface area contributed by atoms with E-state index in [4.69, 9.17) is 9.47 Å². The number of nitrogens with one attached hydrogen (secondary N) is 1. The van der Waals surface area contributed by atoms with E-state index >= 15 is 0 Å². The molecular formula is C20H27BrN2O3. The maximum Gasteiger partial charge on any atom is 0.271 e. The molecule has 2 saturated carbocycles. The standard InChI is InChI=1S/C20H27BrN2O3/c1-3-26-19-17(21)11-15(12-18(19)25-2)20(24)23-22-16-9-8-13-6-4-5-7-14(13)10-16/h11-14H,3-10H2,1-2H3,(H,23,24)/b22-16-/t13-,14-/m0/s1. The fourth-order valence-electron chi connectivity index (χ4n) is 4.12. The zero-order chi connectivity index (χ0) is 18.5. The number of hydrogen-bond acceptors (Lipinski definition) is 4. The van der Waals surface area contributed by atoms with Crippen molar-refractivity contribution < 1.29 is 14.3 Å². The number of hydrazone groups is 1. The van der Waals surface area contributed by atoms with Crippen molar-refractivity contribution >= 4 is 27.5 Å². The summed E-state index contributed by atoms with van der Waals surface area (Å²) in [5, 5.41) is 4.42. The third-order valence-corrected chi connectivity index (χ3v) is 6.05. The van der Waals surface area contributed by atoms with Crippen molar-refractivity contribution in [3.63, 3.8) is 0 Å². The van der Waals surface area contributed by atoms with Crippen molar-refractivity contribution in [2.45, 2.75) is 51.9 Å². The summed E-state index contributed by atoms with van der Waals surface area (Å²) in [6.45, 7) is 2.43. The topological polar surface area (TPSA) is 59.9 Å². The molecule has 0 radical (unpaired) electrons. The third kappa shape index (κ3) is 4.40. The van der Waals surface area contributed by atoms with E-state index in [-0.39, 0.29) is 5.91 Å². The zero-order valence-corrected chi connectivity index (χ0v) is 17.1. The van der Waals surface area contributed by atoms with Crippen molar-refractivity contribution in [3.05, 3.63) is 22.2 Å². The van der Waals surface area contributed by atoms with Gasteiger partial charge in [-0.2, -0.15) is 5.10 Å². The average Bonchev–Trinajstić information content (AvgIpc) is 2.67. The molecule has 3 rings (SSSR count). The number of fused-ring (bicyclic) bond motifs is 1. The fourth-order valence-corrected chi connectivity index (χ4v) is 4.68. The van der Waals surface area contributed by atoms with Gasteiger partial charge in [0.1, 0.15) is 0 Å². The summed E-state index contributed by atoms with van der Waals surface area (Å²) < 4.78 is 11.6. The highest BCUT2D eigenvalue weighted by Crippen LogP contribution is 2.39. The lowest BCUT2D eigenvalue weighted by molar-refractivity contribution is 0.0953. The summed E-state index contributed by atoms with van der Waals surface area (Å²) in [5.74, 6) is 2.53. The van der Waals surface area contributed by atoms with Crippen molar-refractivity contribution in [1.29, 1.82) is 0 Å². The van der Waals surface area contributed by atoms with Gasteiger partial charge in [0.15, 0.2) is 11.5 Å². The number of carbonyl (C=O) groups is 1. The van der Waals surface area contributed by atoms with Crippen LogP contribution in [0.15, 0.2) is 21.7 Å². The van der Waals surface area contributed by atoms with Gasteiger partial charge in [-0.15, -0.1) is 0 Å². The highest BCUT2D eigenvalue weighted by molar-refractivity contribution is 9.10. The Balaban J connectivity index is 1.67. The van der Waals surface area contributed by atoms with Gasteiger partial charge in [0.25, 0.3) is 5.91 Å². The quantitative estimate of drug-likeness (QED) is 0.683. The fraction of sp³-hybridized carbons (Fsp3) is 0.600. The minimum Gasteiger partial charge on any atom is -0.493 e. The van der Waals surface area contributed by atoms with Crippen LogP contribution >= 0.6 is 15.9 Å². The van der Waals surface area contributed by atoms with Gasteiger partial charge in [0, 0.05) is 11.3 Å². The Hall–Kier alpha value is -1.56. The summed E-state index contributed by atoms with van der Waals surface area (Å²) in [7, 11) is 1.56. The van der Waals surface area contributed by atoms with Gasteiger partial charge in [-0.05, 0) is 72.5 Å². The molecular weight excluding hydrogens is 396 g/mol. The molecule has 0 aliphatic heterocycles. The van der Waals surface area contributed by atoms with Crippen molar-refractivity contribution in [2.75, 3.05) is 13.7 Å². The Morgan fingerprint density at radius 1 is 1.27 bits per heavy atom. The van der Waals surface area contributed by atoms with Crippen molar-refractivity contribution in [3.8, 4) is 11.5 Å². The van der Waals surface area contributed by atoms with E-state index in [0.29, 0.717) is 28.1 Å². The second-order valence-electron chi connectivity index (χ2n) is 7.09. The largest absolute Gasteiger partial charge is 0.493 e. The van der Waals surface area contributed by atoms with Gasteiger partial charge in [-0.25, -0.2) is 5.43 Å². The molecule has 0 heterocycles. The molecule has 0 spiro atoms. The second-order valence-corrected chi connectivity index (χ2v) is 7.94. The van der Waals surface area contributed by atoms with Gasteiger partial charge in [0.05, 0.1) is 18.2 Å². The van der Waals surface area contributed by atoms with Gasteiger partial charge in [-0.1, -0.05) is 19.3 Å². The summed E-state index contributed by atoms with van der Waals surface area (Å²) in [6.07, 6.45) is 8.62. The number of hydrogen-bond donors (Lipinski definition) is 1.